The Morgan fingerprint density at radius 1 is 1.41 bits per heavy atom. The van der Waals surface area contributed by atoms with Gasteiger partial charge in [-0.3, -0.25) is 0 Å². The summed E-state index contributed by atoms with van der Waals surface area (Å²) < 4.78 is 19.3. The molecule has 1 aliphatic rings. The molecular formula is C13H19FN2O. The smallest absolute Gasteiger partial charge is 0.146 e. The maximum Gasteiger partial charge on any atom is 0.146 e. The highest BCUT2D eigenvalue weighted by Crippen LogP contribution is 2.18. The van der Waals surface area contributed by atoms with Gasteiger partial charge in [-0.2, -0.15) is 0 Å². The molecule has 1 saturated heterocycles. The second kappa shape index (κ2) is 5.02. The number of anilines is 1. The molecule has 1 aromatic rings. The largest absolute Gasteiger partial charge is 0.371 e. The molecule has 17 heavy (non-hydrogen) atoms. The third-order valence-electron chi connectivity index (χ3n) is 3.14. The Bertz CT molecular complexity index is 379. The van der Waals surface area contributed by atoms with E-state index in [1.165, 1.54) is 6.07 Å². The zero-order valence-corrected chi connectivity index (χ0v) is 10.4. The zero-order valence-electron chi connectivity index (χ0n) is 10.4. The Kier molecular flexibility index (Phi) is 3.64. The minimum absolute atomic E-state index is 0.0317. The lowest BCUT2D eigenvalue weighted by Gasteiger charge is -2.39. The highest BCUT2D eigenvalue weighted by atomic mass is 19.1. The number of benzene rings is 1. The minimum atomic E-state index is -0.188. The molecule has 0 aromatic heterocycles. The van der Waals surface area contributed by atoms with Crippen LogP contribution in [0.4, 0.5) is 10.1 Å². The van der Waals surface area contributed by atoms with Crippen molar-refractivity contribution in [3.05, 3.63) is 30.1 Å². The number of likely N-dealkylation sites (N-methyl/N-ethyl adjacent to an activating group) is 1. The van der Waals surface area contributed by atoms with Gasteiger partial charge in [-0.15, -0.1) is 0 Å². The monoisotopic (exact) mass is 238 g/mol. The Balaban J connectivity index is 1.81. The van der Waals surface area contributed by atoms with Crippen LogP contribution in [0.15, 0.2) is 24.3 Å². The molecule has 0 saturated carbocycles. The number of nitrogens with one attached hydrogen (secondary N) is 1. The van der Waals surface area contributed by atoms with Gasteiger partial charge in [0.15, 0.2) is 0 Å². The predicted octanol–water partition coefficient (Wildman–Crippen LogP) is 1.64. The summed E-state index contributed by atoms with van der Waals surface area (Å²) in [4.78, 5) is 1.88. The number of hydrogen-bond donors (Lipinski definition) is 1. The topological polar surface area (TPSA) is 24.5 Å². The van der Waals surface area contributed by atoms with E-state index in [-0.39, 0.29) is 11.4 Å². The van der Waals surface area contributed by atoms with Crippen molar-refractivity contribution < 1.29 is 9.13 Å². The quantitative estimate of drug-likeness (QED) is 0.844. The van der Waals surface area contributed by atoms with Gasteiger partial charge in [0.2, 0.25) is 0 Å². The van der Waals surface area contributed by atoms with Crippen LogP contribution in [0.2, 0.25) is 0 Å². The zero-order chi connectivity index (χ0) is 12.3. The molecule has 2 rings (SSSR count). The second-order valence-corrected chi connectivity index (χ2v) is 4.77. The number of ether oxygens (including phenoxy) is 1. The van der Waals surface area contributed by atoms with Gasteiger partial charge in [-0.05, 0) is 19.1 Å². The fourth-order valence-electron chi connectivity index (χ4n) is 1.89. The molecule has 0 aliphatic carbocycles. The molecule has 1 aromatic carbocycles. The predicted molar refractivity (Wildman–Crippen MR) is 66.9 cm³/mol. The van der Waals surface area contributed by atoms with Crippen molar-refractivity contribution in [1.82, 2.24) is 5.32 Å². The van der Waals surface area contributed by atoms with Crippen LogP contribution in [0.5, 0.6) is 0 Å². The van der Waals surface area contributed by atoms with Crippen LogP contribution in [0, 0.1) is 5.82 Å². The molecule has 0 radical (unpaired) electrons. The number of para-hydroxylation sites is 1. The maximum absolute atomic E-state index is 13.5. The van der Waals surface area contributed by atoms with Crippen molar-refractivity contribution in [3.8, 4) is 0 Å². The van der Waals surface area contributed by atoms with Gasteiger partial charge in [0.1, 0.15) is 5.82 Å². The highest BCUT2D eigenvalue weighted by Gasteiger charge is 2.32. The third kappa shape index (κ3) is 2.96. The second-order valence-electron chi connectivity index (χ2n) is 4.77. The van der Waals surface area contributed by atoms with Crippen LogP contribution in [0.25, 0.3) is 0 Å². The van der Waals surface area contributed by atoms with Crippen molar-refractivity contribution in [2.24, 2.45) is 0 Å². The van der Waals surface area contributed by atoms with Gasteiger partial charge in [0.05, 0.1) is 17.9 Å². The molecule has 0 spiro atoms. The summed E-state index contributed by atoms with van der Waals surface area (Å²) in [6.45, 7) is 5.19. The Morgan fingerprint density at radius 3 is 2.71 bits per heavy atom. The van der Waals surface area contributed by atoms with Crippen molar-refractivity contribution in [3.63, 3.8) is 0 Å². The van der Waals surface area contributed by atoms with Gasteiger partial charge in [0.25, 0.3) is 0 Å². The number of nitrogens with zero attached hydrogens (tertiary/aromatic N) is 1. The van der Waals surface area contributed by atoms with Gasteiger partial charge >= 0.3 is 0 Å². The van der Waals surface area contributed by atoms with E-state index in [2.05, 4.69) is 12.2 Å². The molecular weight excluding hydrogens is 219 g/mol. The van der Waals surface area contributed by atoms with Gasteiger partial charge in [-0.25, -0.2) is 4.39 Å². The van der Waals surface area contributed by atoms with E-state index in [0.29, 0.717) is 18.8 Å². The van der Waals surface area contributed by atoms with E-state index in [0.717, 1.165) is 13.1 Å². The molecule has 4 heteroatoms. The van der Waals surface area contributed by atoms with Crippen LogP contribution in [0.1, 0.15) is 6.92 Å². The van der Waals surface area contributed by atoms with Crippen LogP contribution in [0.3, 0.4) is 0 Å². The van der Waals surface area contributed by atoms with Gasteiger partial charge < -0.3 is 15.0 Å². The molecule has 3 nitrogen and oxygen atoms in total. The average molecular weight is 238 g/mol. The molecule has 0 atom stereocenters. The summed E-state index contributed by atoms with van der Waals surface area (Å²) in [5.74, 6) is -0.188. The molecule has 0 unspecified atom stereocenters. The standard InChI is InChI=1S/C13H19FN2O/c1-13(9-15-10-13)17-8-7-16(2)12-6-4-3-5-11(12)14/h3-6,15H,7-10H2,1-2H3. The summed E-state index contributed by atoms with van der Waals surface area (Å²) in [6.07, 6.45) is 0. The molecule has 1 heterocycles. The first kappa shape index (κ1) is 12.3. The van der Waals surface area contributed by atoms with Crippen LogP contribution < -0.4 is 10.2 Å². The summed E-state index contributed by atoms with van der Waals surface area (Å²) >= 11 is 0. The molecule has 94 valence electrons. The lowest BCUT2D eigenvalue weighted by Crippen LogP contribution is -2.59. The Morgan fingerprint density at radius 2 is 2.12 bits per heavy atom. The maximum atomic E-state index is 13.5. The lowest BCUT2D eigenvalue weighted by atomic mass is 10.0. The Labute approximate surface area is 102 Å². The molecule has 0 amide bonds. The number of halogens is 1. The van der Waals surface area contributed by atoms with Gasteiger partial charge in [0, 0.05) is 26.7 Å². The summed E-state index contributed by atoms with van der Waals surface area (Å²) in [7, 11) is 1.88. The fraction of sp³-hybridized carbons (Fsp3) is 0.538. The first-order chi connectivity index (χ1) is 8.11. The van der Waals surface area contributed by atoms with Crippen LogP contribution >= 0.6 is 0 Å². The number of hydrogen-bond acceptors (Lipinski definition) is 3. The van der Waals surface area contributed by atoms with Crippen LogP contribution in [-0.2, 0) is 4.74 Å². The average Bonchev–Trinajstić information content (AvgIpc) is 2.27. The van der Waals surface area contributed by atoms with E-state index < -0.39 is 0 Å². The number of rotatable bonds is 5. The van der Waals surface area contributed by atoms with Crippen molar-refractivity contribution in [2.45, 2.75) is 12.5 Å². The fourth-order valence-corrected chi connectivity index (χ4v) is 1.89. The molecule has 1 aliphatic heterocycles. The highest BCUT2D eigenvalue weighted by molar-refractivity contribution is 5.46. The first-order valence-corrected chi connectivity index (χ1v) is 5.91. The SMILES string of the molecule is CN(CCOC1(C)CNC1)c1ccccc1F. The van der Waals surface area contributed by atoms with Crippen LogP contribution in [-0.4, -0.2) is 38.9 Å². The summed E-state index contributed by atoms with van der Waals surface area (Å²) in [5, 5.41) is 3.18. The van der Waals surface area contributed by atoms with Gasteiger partial charge in [-0.1, -0.05) is 12.1 Å². The van der Waals surface area contributed by atoms with E-state index in [4.69, 9.17) is 4.74 Å². The summed E-state index contributed by atoms with van der Waals surface area (Å²) in [5.41, 5.74) is 0.587. The van der Waals surface area contributed by atoms with Crippen molar-refractivity contribution in [1.29, 1.82) is 0 Å². The van der Waals surface area contributed by atoms with E-state index in [1.807, 2.05) is 18.0 Å². The normalized spacial score (nSPS) is 17.6. The van der Waals surface area contributed by atoms with Crippen molar-refractivity contribution >= 4 is 5.69 Å². The third-order valence-corrected chi connectivity index (χ3v) is 3.14. The van der Waals surface area contributed by atoms with Crippen molar-refractivity contribution in [2.75, 3.05) is 38.2 Å². The van der Waals surface area contributed by atoms with E-state index in [9.17, 15) is 4.39 Å². The van der Waals surface area contributed by atoms with E-state index in [1.54, 1.807) is 12.1 Å². The molecule has 0 bridgehead atoms. The first-order valence-electron chi connectivity index (χ1n) is 5.91. The molecule has 1 N–H and O–H groups in total. The molecule has 1 fully saturated rings. The van der Waals surface area contributed by atoms with E-state index >= 15 is 0 Å². The Hall–Kier alpha value is -1.13. The minimum Gasteiger partial charge on any atom is -0.371 e. The summed E-state index contributed by atoms with van der Waals surface area (Å²) in [6, 6.07) is 6.79. The lowest BCUT2D eigenvalue weighted by molar-refractivity contribution is -0.0631.